The quantitative estimate of drug-likeness (QED) is 0.281. The van der Waals surface area contributed by atoms with Gasteiger partial charge in [0.15, 0.2) is 18.1 Å². The molecular formula is C21H23N3O6. The van der Waals surface area contributed by atoms with E-state index in [1.54, 1.807) is 30.3 Å². The van der Waals surface area contributed by atoms with Gasteiger partial charge in [0.25, 0.3) is 0 Å². The highest BCUT2D eigenvalue weighted by Gasteiger charge is 2.11. The van der Waals surface area contributed by atoms with Crippen LogP contribution < -0.4 is 20.2 Å². The summed E-state index contributed by atoms with van der Waals surface area (Å²) in [6.45, 7) is 1.61. The fraction of sp³-hybridized carbons (Fsp3) is 0.238. The Hall–Kier alpha value is -3.88. The smallest absolute Gasteiger partial charge is 0.343 e. The molecule has 0 spiro atoms. The Labute approximate surface area is 174 Å². The van der Waals surface area contributed by atoms with Crippen molar-refractivity contribution in [3.63, 3.8) is 0 Å². The second-order valence-corrected chi connectivity index (χ2v) is 6.11. The highest BCUT2D eigenvalue weighted by molar-refractivity contribution is 6.04. The first kappa shape index (κ1) is 22.4. The number of esters is 1. The fourth-order valence-electron chi connectivity index (χ4n) is 2.35. The lowest BCUT2D eigenvalue weighted by Crippen LogP contribution is -2.24. The van der Waals surface area contributed by atoms with E-state index in [1.165, 1.54) is 20.4 Å². The van der Waals surface area contributed by atoms with Gasteiger partial charge in [-0.25, -0.2) is 10.2 Å². The summed E-state index contributed by atoms with van der Waals surface area (Å²) in [5.41, 5.74) is 4.46. The van der Waals surface area contributed by atoms with Crippen molar-refractivity contribution in [1.82, 2.24) is 5.43 Å². The Morgan fingerprint density at radius 2 is 1.80 bits per heavy atom. The summed E-state index contributed by atoms with van der Waals surface area (Å²) in [6, 6.07) is 12.2. The minimum atomic E-state index is -0.553. The first-order chi connectivity index (χ1) is 14.4. The number of methoxy groups -OCH3 is 2. The molecule has 2 amide bonds. The molecule has 0 heterocycles. The molecule has 9 nitrogen and oxygen atoms in total. The van der Waals surface area contributed by atoms with Crippen molar-refractivity contribution in [1.29, 1.82) is 0 Å². The Bertz CT molecular complexity index is 942. The molecule has 2 aromatic rings. The van der Waals surface area contributed by atoms with Crippen LogP contribution in [0.3, 0.4) is 0 Å². The topological polar surface area (TPSA) is 115 Å². The van der Waals surface area contributed by atoms with Crippen LogP contribution in [0.15, 0.2) is 47.6 Å². The van der Waals surface area contributed by atoms with Gasteiger partial charge in [0.2, 0.25) is 11.8 Å². The number of hydrogen-bond donors (Lipinski definition) is 2. The van der Waals surface area contributed by atoms with E-state index < -0.39 is 17.8 Å². The molecule has 9 heteroatoms. The standard InChI is InChI=1S/C21H23N3O6/c1-14-6-4-5-7-16(14)23-19(25)11-20(26)24-22-12-15-8-9-17(18(10-15)28-2)30-13-21(27)29-3/h4-10,12H,11,13H2,1-3H3,(H,23,25)(H,24,26). The van der Waals surface area contributed by atoms with E-state index in [2.05, 4.69) is 20.6 Å². The van der Waals surface area contributed by atoms with Crippen LogP contribution in [0.25, 0.3) is 0 Å². The van der Waals surface area contributed by atoms with Crippen molar-refractivity contribution in [2.24, 2.45) is 5.10 Å². The van der Waals surface area contributed by atoms with E-state index in [9.17, 15) is 14.4 Å². The van der Waals surface area contributed by atoms with Crippen molar-refractivity contribution in [2.75, 3.05) is 26.1 Å². The van der Waals surface area contributed by atoms with Crippen molar-refractivity contribution >= 4 is 29.7 Å². The van der Waals surface area contributed by atoms with Crippen molar-refractivity contribution < 1.29 is 28.6 Å². The van der Waals surface area contributed by atoms with Crippen molar-refractivity contribution in [3.05, 3.63) is 53.6 Å². The minimum Gasteiger partial charge on any atom is -0.493 e. The van der Waals surface area contributed by atoms with Crippen LogP contribution in [0.1, 0.15) is 17.5 Å². The third-order valence-corrected chi connectivity index (χ3v) is 3.90. The molecule has 0 aliphatic heterocycles. The maximum absolute atomic E-state index is 12.0. The van der Waals surface area contributed by atoms with Crippen LogP contribution in [0.4, 0.5) is 5.69 Å². The highest BCUT2D eigenvalue weighted by Crippen LogP contribution is 2.27. The zero-order valence-electron chi connectivity index (χ0n) is 16.9. The van der Waals surface area contributed by atoms with E-state index in [4.69, 9.17) is 9.47 Å². The van der Waals surface area contributed by atoms with Crippen LogP contribution in [0.5, 0.6) is 11.5 Å². The summed E-state index contributed by atoms with van der Waals surface area (Å²) in [6.07, 6.45) is 1.03. The number of nitrogens with one attached hydrogen (secondary N) is 2. The molecule has 0 fully saturated rings. The van der Waals surface area contributed by atoms with Crippen LogP contribution in [0, 0.1) is 6.92 Å². The molecule has 0 atom stereocenters. The maximum atomic E-state index is 12.0. The summed E-state index contributed by atoms with van der Waals surface area (Å²) in [7, 11) is 2.72. The third kappa shape index (κ3) is 6.93. The summed E-state index contributed by atoms with van der Waals surface area (Å²) < 4.78 is 15.1. The Morgan fingerprint density at radius 1 is 1.03 bits per heavy atom. The van der Waals surface area contributed by atoms with E-state index in [-0.39, 0.29) is 13.0 Å². The SMILES string of the molecule is COC(=O)COc1ccc(C=NNC(=O)CC(=O)Nc2ccccc2C)cc1OC. The van der Waals surface area contributed by atoms with Gasteiger partial charge in [-0.1, -0.05) is 18.2 Å². The molecule has 0 aliphatic rings. The number of rotatable bonds is 9. The summed E-state index contributed by atoms with van der Waals surface area (Å²) in [5.74, 6) is -0.770. The lowest BCUT2D eigenvalue weighted by Gasteiger charge is -2.10. The molecule has 158 valence electrons. The van der Waals surface area contributed by atoms with E-state index in [0.29, 0.717) is 22.7 Å². The summed E-state index contributed by atoms with van der Waals surface area (Å²) >= 11 is 0. The highest BCUT2D eigenvalue weighted by atomic mass is 16.6. The summed E-state index contributed by atoms with van der Waals surface area (Å²) in [5, 5.41) is 6.52. The second-order valence-electron chi connectivity index (χ2n) is 6.11. The molecule has 0 radical (unpaired) electrons. The average Bonchev–Trinajstić information content (AvgIpc) is 2.73. The predicted octanol–water partition coefficient (Wildman–Crippen LogP) is 2.03. The molecule has 0 bridgehead atoms. The van der Waals surface area contributed by atoms with Gasteiger partial charge in [-0.05, 0) is 42.3 Å². The first-order valence-electron chi connectivity index (χ1n) is 8.98. The number of hydrazone groups is 1. The molecule has 0 saturated carbocycles. The lowest BCUT2D eigenvalue weighted by molar-refractivity contribution is -0.143. The van der Waals surface area contributed by atoms with Crippen LogP contribution in [-0.2, 0) is 19.1 Å². The van der Waals surface area contributed by atoms with Gasteiger partial charge < -0.3 is 19.5 Å². The summed E-state index contributed by atoms with van der Waals surface area (Å²) in [4.78, 5) is 35.0. The number of para-hydroxylation sites is 1. The molecule has 2 rings (SSSR count). The van der Waals surface area contributed by atoms with Crippen molar-refractivity contribution in [2.45, 2.75) is 13.3 Å². The van der Waals surface area contributed by atoms with E-state index in [1.807, 2.05) is 19.1 Å². The second kappa shape index (κ2) is 11.2. The predicted molar refractivity (Wildman–Crippen MR) is 111 cm³/mol. The van der Waals surface area contributed by atoms with Crippen LogP contribution in [0.2, 0.25) is 0 Å². The normalized spacial score (nSPS) is 10.4. The number of nitrogens with zero attached hydrogens (tertiary/aromatic N) is 1. The van der Waals surface area contributed by atoms with Gasteiger partial charge in [-0.3, -0.25) is 9.59 Å². The molecule has 2 N–H and O–H groups in total. The third-order valence-electron chi connectivity index (χ3n) is 3.90. The molecule has 2 aromatic carbocycles. The molecular weight excluding hydrogens is 390 g/mol. The number of hydrogen-bond acceptors (Lipinski definition) is 7. The van der Waals surface area contributed by atoms with Gasteiger partial charge in [0.05, 0.1) is 20.4 Å². The molecule has 0 saturated heterocycles. The lowest BCUT2D eigenvalue weighted by atomic mass is 10.2. The van der Waals surface area contributed by atoms with Gasteiger partial charge >= 0.3 is 5.97 Å². The minimum absolute atomic E-state index is 0.249. The number of amides is 2. The molecule has 0 aliphatic carbocycles. The van der Waals surface area contributed by atoms with Gasteiger partial charge in [-0.2, -0.15) is 5.10 Å². The van der Waals surface area contributed by atoms with Gasteiger partial charge in [0, 0.05) is 5.69 Å². The average molecular weight is 413 g/mol. The number of aryl methyl sites for hydroxylation is 1. The number of benzene rings is 2. The maximum Gasteiger partial charge on any atom is 0.343 e. The zero-order chi connectivity index (χ0) is 21.9. The van der Waals surface area contributed by atoms with E-state index in [0.717, 1.165) is 5.56 Å². The fourth-order valence-corrected chi connectivity index (χ4v) is 2.35. The van der Waals surface area contributed by atoms with Gasteiger partial charge in [-0.15, -0.1) is 0 Å². The number of carbonyl (C=O) groups excluding carboxylic acids is 3. The Balaban J connectivity index is 1.88. The molecule has 0 unspecified atom stereocenters. The van der Waals surface area contributed by atoms with Crippen LogP contribution in [-0.4, -0.2) is 44.8 Å². The largest absolute Gasteiger partial charge is 0.493 e. The van der Waals surface area contributed by atoms with E-state index >= 15 is 0 Å². The number of ether oxygens (including phenoxy) is 3. The monoisotopic (exact) mass is 413 g/mol. The number of anilines is 1. The molecule has 30 heavy (non-hydrogen) atoms. The Morgan fingerprint density at radius 3 is 2.50 bits per heavy atom. The Kier molecular flexibility index (Phi) is 8.37. The van der Waals surface area contributed by atoms with Crippen LogP contribution >= 0.6 is 0 Å². The number of carbonyl (C=O) groups is 3. The first-order valence-corrected chi connectivity index (χ1v) is 8.98. The zero-order valence-corrected chi connectivity index (χ0v) is 16.9. The van der Waals surface area contributed by atoms with Crippen molar-refractivity contribution in [3.8, 4) is 11.5 Å². The van der Waals surface area contributed by atoms with Gasteiger partial charge in [0.1, 0.15) is 6.42 Å². The molecule has 0 aromatic heterocycles.